The van der Waals surface area contributed by atoms with Crippen LogP contribution in [0.4, 0.5) is 11.6 Å². The van der Waals surface area contributed by atoms with Crippen molar-refractivity contribution in [3.63, 3.8) is 0 Å². The molecule has 4 nitrogen and oxygen atoms in total. The molecule has 2 aliphatic heterocycles. The molecule has 10 aromatic rings. The Labute approximate surface area is 383 Å². The zero-order valence-electron chi connectivity index (χ0n) is 40.0. The first-order chi connectivity index (χ1) is 30.8. The van der Waals surface area contributed by atoms with E-state index >= 15 is 0 Å². The molecule has 7 aromatic carbocycles. The van der Waals surface area contributed by atoms with Gasteiger partial charge < -0.3 is 18.4 Å². The summed E-state index contributed by atoms with van der Waals surface area (Å²) >= 11 is 0. The van der Waals surface area contributed by atoms with Gasteiger partial charge in [0.2, 0.25) is 0 Å². The SMILES string of the molecule is CC(C)(C)c1ccc(N2B3c4c(cc(C(C)(C)C)cc4-n4c5ccc6c7cc(C(C)(C)C)ccc7n(-c7ccccc7)c6c5c5cc(C(C)(C)C)cc3c54)-c3c2oc2ccccc32)cc1. The van der Waals surface area contributed by atoms with Gasteiger partial charge in [-0.25, -0.2) is 0 Å². The number of hydrogen-bond acceptors (Lipinski definition) is 2. The van der Waals surface area contributed by atoms with Gasteiger partial charge in [0.25, 0.3) is 0 Å². The summed E-state index contributed by atoms with van der Waals surface area (Å²) in [6.07, 6.45) is 0. The second-order valence-electron chi connectivity index (χ2n) is 23.1. The molecule has 12 rings (SSSR count). The minimum Gasteiger partial charge on any atom is -0.441 e. The molecule has 0 fully saturated rings. The average Bonchev–Trinajstić information content (AvgIpc) is 3.92. The quantitative estimate of drug-likeness (QED) is 0.162. The molecule has 3 aromatic heterocycles. The van der Waals surface area contributed by atoms with Gasteiger partial charge in [0, 0.05) is 44.0 Å². The highest BCUT2D eigenvalue weighted by Crippen LogP contribution is 2.51. The number of nitrogens with zero attached hydrogens (tertiary/aromatic N) is 3. The maximum absolute atomic E-state index is 7.18. The lowest BCUT2D eigenvalue weighted by Gasteiger charge is -2.41. The molecule has 5 heterocycles. The molecule has 2 aliphatic rings. The van der Waals surface area contributed by atoms with E-state index in [9.17, 15) is 0 Å². The van der Waals surface area contributed by atoms with E-state index < -0.39 is 0 Å². The number of rotatable bonds is 2. The van der Waals surface area contributed by atoms with Crippen molar-refractivity contribution in [2.45, 2.75) is 105 Å². The first-order valence-electron chi connectivity index (χ1n) is 23.6. The molecule has 65 heavy (non-hydrogen) atoms. The van der Waals surface area contributed by atoms with Gasteiger partial charge in [0.15, 0.2) is 5.88 Å². The molecule has 322 valence electrons. The van der Waals surface area contributed by atoms with Crippen LogP contribution in [0.5, 0.6) is 0 Å². The molecule has 0 spiro atoms. The van der Waals surface area contributed by atoms with Crippen molar-refractivity contribution in [1.82, 2.24) is 9.13 Å². The van der Waals surface area contributed by atoms with Crippen LogP contribution in [0.25, 0.3) is 77.1 Å². The fourth-order valence-corrected chi connectivity index (χ4v) is 11.1. The predicted octanol–water partition coefficient (Wildman–Crippen LogP) is 15.1. The maximum Gasteiger partial charge on any atom is 0.336 e. The van der Waals surface area contributed by atoms with Crippen molar-refractivity contribution in [1.29, 1.82) is 0 Å². The van der Waals surface area contributed by atoms with Crippen LogP contribution in [0.1, 0.15) is 105 Å². The third-order valence-corrected chi connectivity index (χ3v) is 14.7. The number of furan rings is 1. The topological polar surface area (TPSA) is 26.2 Å². The zero-order chi connectivity index (χ0) is 45.3. The fraction of sp³-hybridized carbons (Fsp3) is 0.267. The van der Waals surface area contributed by atoms with E-state index in [1.165, 1.54) is 99.3 Å². The number of para-hydroxylation sites is 2. The monoisotopic (exact) mass is 847 g/mol. The van der Waals surface area contributed by atoms with Crippen LogP contribution in [0.3, 0.4) is 0 Å². The van der Waals surface area contributed by atoms with E-state index in [1.54, 1.807) is 0 Å². The molecule has 5 heteroatoms. The van der Waals surface area contributed by atoms with Crippen molar-refractivity contribution in [3.8, 4) is 22.5 Å². The minimum atomic E-state index is -0.158. The summed E-state index contributed by atoms with van der Waals surface area (Å²) in [7, 11) is 0. The summed E-state index contributed by atoms with van der Waals surface area (Å²) in [5.41, 5.74) is 19.6. The second kappa shape index (κ2) is 13.1. The lowest BCUT2D eigenvalue weighted by molar-refractivity contribution is 0.589. The van der Waals surface area contributed by atoms with Crippen molar-refractivity contribution in [3.05, 3.63) is 156 Å². The van der Waals surface area contributed by atoms with Crippen molar-refractivity contribution >= 4 is 83.9 Å². The average molecular weight is 848 g/mol. The van der Waals surface area contributed by atoms with Gasteiger partial charge in [-0.3, -0.25) is 0 Å². The van der Waals surface area contributed by atoms with Crippen LogP contribution in [0.15, 0.2) is 138 Å². The van der Waals surface area contributed by atoms with Gasteiger partial charge in [-0.05, 0) is 121 Å². The maximum atomic E-state index is 7.18. The molecule has 0 radical (unpaired) electrons. The lowest BCUT2D eigenvalue weighted by Crippen LogP contribution is -2.60. The Morgan fingerprint density at radius 3 is 1.75 bits per heavy atom. The Morgan fingerprint density at radius 2 is 1.06 bits per heavy atom. The van der Waals surface area contributed by atoms with Gasteiger partial charge in [-0.1, -0.05) is 156 Å². The van der Waals surface area contributed by atoms with E-state index in [1.807, 2.05) is 0 Å². The summed E-state index contributed by atoms with van der Waals surface area (Å²) in [6, 6.07) is 51.0. The van der Waals surface area contributed by atoms with Crippen molar-refractivity contribution in [2.24, 2.45) is 0 Å². The molecular formula is C60H58BN3O. The van der Waals surface area contributed by atoms with Gasteiger partial charge in [0.1, 0.15) is 5.58 Å². The highest BCUT2D eigenvalue weighted by molar-refractivity contribution is 6.93. The highest BCUT2D eigenvalue weighted by atomic mass is 16.4. The Morgan fingerprint density at radius 1 is 0.446 bits per heavy atom. The highest BCUT2D eigenvalue weighted by Gasteiger charge is 2.47. The van der Waals surface area contributed by atoms with E-state index in [4.69, 9.17) is 4.42 Å². The van der Waals surface area contributed by atoms with Crippen LogP contribution in [0, 0.1) is 0 Å². The molecular weight excluding hydrogens is 789 g/mol. The molecule has 0 atom stereocenters. The van der Waals surface area contributed by atoms with Crippen LogP contribution in [-0.4, -0.2) is 16.0 Å². The first kappa shape index (κ1) is 40.1. The number of hydrogen-bond donors (Lipinski definition) is 0. The Kier molecular flexibility index (Phi) is 8.07. The predicted molar refractivity (Wildman–Crippen MR) is 279 cm³/mol. The summed E-state index contributed by atoms with van der Waals surface area (Å²) in [5.74, 6) is 0.907. The zero-order valence-corrected chi connectivity index (χ0v) is 40.0. The summed E-state index contributed by atoms with van der Waals surface area (Å²) in [4.78, 5) is 2.54. The summed E-state index contributed by atoms with van der Waals surface area (Å²) in [6.45, 7) is 27.8. The van der Waals surface area contributed by atoms with E-state index in [0.29, 0.717) is 0 Å². The van der Waals surface area contributed by atoms with E-state index in [-0.39, 0.29) is 28.5 Å². The number of benzene rings is 7. The number of fused-ring (bicyclic) bond motifs is 13. The van der Waals surface area contributed by atoms with Gasteiger partial charge >= 0.3 is 6.85 Å². The third kappa shape index (κ3) is 5.70. The molecule has 0 unspecified atom stereocenters. The normalized spacial score (nSPS) is 14.1. The Bertz CT molecular complexity index is 3630. The van der Waals surface area contributed by atoms with Crippen LogP contribution in [-0.2, 0) is 21.7 Å². The van der Waals surface area contributed by atoms with Crippen LogP contribution in [0.2, 0.25) is 0 Å². The van der Waals surface area contributed by atoms with Crippen LogP contribution < -0.4 is 15.7 Å². The largest absolute Gasteiger partial charge is 0.441 e. The Hall–Kier alpha value is -6.46. The molecule has 0 saturated carbocycles. The van der Waals surface area contributed by atoms with Crippen molar-refractivity contribution in [2.75, 3.05) is 4.81 Å². The van der Waals surface area contributed by atoms with Crippen LogP contribution >= 0.6 is 0 Å². The van der Waals surface area contributed by atoms with E-state index in [2.05, 4.69) is 230 Å². The van der Waals surface area contributed by atoms with Gasteiger partial charge in [-0.2, -0.15) is 0 Å². The fourth-order valence-electron chi connectivity index (χ4n) is 11.1. The standard InChI is InChI=1S/C60H58BN3O/c1-57(2,3)35-22-25-40(26-23-35)64-56-51(42-20-16-17-21-50(42)65-56)44-31-38(60(10,11)12)34-49-53(44)61(64)46-33-37(59(7,8)9)32-45-52-48(63(49)54(45)46)29-27-41-43-30-36(58(4,5)6)24-28-47(43)62(55(41)52)39-18-14-13-15-19-39/h13-34H,1-12H3. The van der Waals surface area contributed by atoms with Gasteiger partial charge in [-0.15, -0.1) is 0 Å². The third-order valence-electron chi connectivity index (χ3n) is 14.7. The van der Waals surface area contributed by atoms with Crippen molar-refractivity contribution < 1.29 is 4.42 Å². The second-order valence-corrected chi connectivity index (χ2v) is 23.1. The summed E-state index contributed by atoms with van der Waals surface area (Å²) < 4.78 is 12.4. The van der Waals surface area contributed by atoms with Gasteiger partial charge in [0.05, 0.1) is 27.6 Å². The first-order valence-corrected chi connectivity index (χ1v) is 23.6. The number of anilines is 2. The molecule has 0 N–H and O–H groups in total. The smallest absolute Gasteiger partial charge is 0.336 e. The minimum absolute atomic E-state index is 0.00962. The molecule has 0 amide bonds. The number of aromatic nitrogens is 2. The molecule has 0 aliphatic carbocycles. The van der Waals surface area contributed by atoms with E-state index in [0.717, 1.165) is 22.5 Å². The molecule has 0 bridgehead atoms. The molecule has 0 saturated heterocycles. The summed E-state index contributed by atoms with van der Waals surface area (Å²) in [5, 5.41) is 6.29. The Balaban J connectivity index is 1.30. The lowest BCUT2D eigenvalue weighted by atomic mass is 9.44.